The highest BCUT2D eigenvalue weighted by atomic mass is 16.2. The molecular weight excluding hydrogens is 302 g/mol. The predicted octanol–water partition coefficient (Wildman–Crippen LogP) is 2.98. The van der Waals surface area contributed by atoms with Gasteiger partial charge in [-0.05, 0) is 56.3 Å². The van der Waals surface area contributed by atoms with Gasteiger partial charge in [-0.25, -0.2) is 0 Å². The lowest BCUT2D eigenvalue weighted by atomic mass is 9.71. The summed E-state index contributed by atoms with van der Waals surface area (Å²) in [5.74, 6) is -0.141. The first-order chi connectivity index (χ1) is 11.5. The molecule has 1 aliphatic rings. The normalized spacial score (nSPS) is 16.5. The number of amides is 2. The second-order valence-electron chi connectivity index (χ2n) is 6.88. The van der Waals surface area contributed by atoms with Gasteiger partial charge >= 0.3 is 0 Å². The van der Waals surface area contributed by atoms with Gasteiger partial charge in [0.1, 0.15) is 0 Å². The van der Waals surface area contributed by atoms with Crippen molar-refractivity contribution in [1.29, 1.82) is 0 Å². The molecule has 0 aromatic heterocycles. The molecule has 4 N–H and O–H groups in total. The van der Waals surface area contributed by atoms with E-state index >= 15 is 0 Å². The molecule has 5 heteroatoms. The van der Waals surface area contributed by atoms with Gasteiger partial charge < -0.3 is 16.4 Å². The van der Waals surface area contributed by atoms with Gasteiger partial charge in [-0.2, -0.15) is 0 Å². The number of nitrogens with one attached hydrogen (secondary N) is 2. The van der Waals surface area contributed by atoms with Gasteiger partial charge in [0, 0.05) is 24.2 Å². The summed E-state index contributed by atoms with van der Waals surface area (Å²) in [4.78, 5) is 24.5. The van der Waals surface area contributed by atoms with Crippen LogP contribution in [0, 0.1) is 12.3 Å². The van der Waals surface area contributed by atoms with Crippen LogP contribution in [0.5, 0.6) is 0 Å². The molecule has 1 aromatic rings. The molecule has 2 amide bonds. The molecule has 0 spiro atoms. The van der Waals surface area contributed by atoms with Gasteiger partial charge in [-0.15, -0.1) is 0 Å². The number of carbonyl (C=O) groups excluding carboxylic acids is 2. The van der Waals surface area contributed by atoms with Crippen LogP contribution in [-0.4, -0.2) is 24.9 Å². The Morgan fingerprint density at radius 1 is 1.21 bits per heavy atom. The van der Waals surface area contributed by atoms with E-state index in [0.717, 1.165) is 31.2 Å². The van der Waals surface area contributed by atoms with Gasteiger partial charge in [0.2, 0.25) is 5.91 Å². The second-order valence-corrected chi connectivity index (χ2v) is 6.88. The minimum absolute atomic E-state index is 0.0153. The first kappa shape index (κ1) is 18.5. The van der Waals surface area contributed by atoms with Crippen molar-refractivity contribution in [3.63, 3.8) is 0 Å². The van der Waals surface area contributed by atoms with E-state index < -0.39 is 0 Å². The highest BCUT2D eigenvalue weighted by molar-refractivity contribution is 5.97. The maximum absolute atomic E-state index is 12.5. The molecule has 1 saturated carbocycles. The van der Waals surface area contributed by atoms with E-state index in [1.165, 1.54) is 6.42 Å². The third-order valence-corrected chi connectivity index (χ3v) is 4.99. The molecule has 1 aromatic carbocycles. The molecule has 2 rings (SSSR count). The van der Waals surface area contributed by atoms with E-state index in [9.17, 15) is 9.59 Å². The minimum Gasteiger partial charge on any atom is -0.352 e. The lowest BCUT2D eigenvalue weighted by Gasteiger charge is -2.35. The van der Waals surface area contributed by atoms with Gasteiger partial charge in [-0.3, -0.25) is 9.59 Å². The zero-order chi connectivity index (χ0) is 17.6. The van der Waals surface area contributed by atoms with Gasteiger partial charge in [0.05, 0.1) is 0 Å². The third kappa shape index (κ3) is 4.57. The van der Waals surface area contributed by atoms with Crippen LogP contribution in [0.2, 0.25) is 0 Å². The number of nitrogens with two attached hydrogens (primary N) is 1. The predicted molar refractivity (Wildman–Crippen MR) is 97.0 cm³/mol. The van der Waals surface area contributed by atoms with E-state index in [2.05, 4.69) is 10.6 Å². The van der Waals surface area contributed by atoms with Crippen molar-refractivity contribution in [2.75, 3.05) is 18.4 Å². The summed E-state index contributed by atoms with van der Waals surface area (Å²) in [7, 11) is 0. The fraction of sp³-hybridized carbons (Fsp3) is 0.579. The number of rotatable bonds is 6. The maximum Gasteiger partial charge on any atom is 0.251 e. The molecule has 1 aliphatic carbocycles. The highest BCUT2D eigenvalue weighted by Crippen LogP contribution is 2.38. The summed E-state index contributed by atoms with van der Waals surface area (Å²) in [6, 6.07) is 5.38. The van der Waals surface area contributed by atoms with Crippen molar-refractivity contribution in [3.05, 3.63) is 29.3 Å². The van der Waals surface area contributed by atoms with E-state index in [-0.39, 0.29) is 17.2 Å². The molecule has 0 radical (unpaired) electrons. The van der Waals surface area contributed by atoms with Crippen LogP contribution >= 0.6 is 0 Å². The molecule has 1 fully saturated rings. The smallest absolute Gasteiger partial charge is 0.251 e. The Balaban J connectivity index is 2.07. The minimum atomic E-state index is -0.126. The first-order valence-electron chi connectivity index (χ1n) is 8.88. The number of hydrogen-bond donors (Lipinski definition) is 3. The monoisotopic (exact) mass is 331 g/mol. The summed E-state index contributed by atoms with van der Waals surface area (Å²) in [6.45, 7) is 4.94. The average Bonchev–Trinajstić information content (AvgIpc) is 2.57. The molecule has 5 nitrogen and oxygen atoms in total. The summed E-state index contributed by atoms with van der Waals surface area (Å²) in [5, 5.41) is 5.75. The van der Waals surface area contributed by atoms with Crippen molar-refractivity contribution in [1.82, 2.24) is 5.32 Å². The quantitative estimate of drug-likeness (QED) is 0.749. The van der Waals surface area contributed by atoms with E-state index in [1.807, 2.05) is 19.9 Å². The van der Waals surface area contributed by atoms with Gasteiger partial charge in [0.15, 0.2) is 0 Å². The van der Waals surface area contributed by atoms with Gasteiger partial charge in [-0.1, -0.05) is 25.3 Å². The number of benzene rings is 1. The zero-order valence-corrected chi connectivity index (χ0v) is 14.8. The maximum atomic E-state index is 12.5. The van der Waals surface area contributed by atoms with Gasteiger partial charge in [0.25, 0.3) is 5.91 Å². The Bertz CT molecular complexity index is 592. The van der Waals surface area contributed by atoms with E-state index in [1.54, 1.807) is 12.1 Å². The van der Waals surface area contributed by atoms with Crippen LogP contribution in [-0.2, 0) is 4.79 Å². The Kier molecular flexibility index (Phi) is 6.37. The molecule has 0 heterocycles. The van der Waals surface area contributed by atoms with Crippen molar-refractivity contribution >= 4 is 17.5 Å². The van der Waals surface area contributed by atoms with Crippen LogP contribution in [0.1, 0.15) is 61.4 Å². The Labute approximate surface area is 144 Å². The third-order valence-electron chi connectivity index (χ3n) is 4.99. The number of carbonyl (C=O) groups is 2. The SMILES string of the molecule is CCNC(=O)c1ccc(C)c(NC(=O)CC2(CN)CCCCC2)c1. The topological polar surface area (TPSA) is 84.2 Å². The molecule has 0 aliphatic heterocycles. The fourth-order valence-electron chi connectivity index (χ4n) is 3.45. The zero-order valence-electron chi connectivity index (χ0n) is 14.8. The fourth-order valence-corrected chi connectivity index (χ4v) is 3.45. The number of hydrogen-bond acceptors (Lipinski definition) is 3. The first-order valence-corrected chi connectivity index (χ1v) is 8.88. The lowest BCUT2D eigenvalue weighted by molar-refractivity contribution is -0.118. The van der Waals surface area contributed by atoms with Crippen LogP contribution in [0.15, 0.2) is 18.2 Å². The Morgan fingerprint density at radius 3 is 2.54 bits per heavy atom. The van der Waals surface area contributed by atoms with Crippen LogP contribution in [0.25, 0.3) is 0 Å². The standard InChI is InChI=1S/C19H29N3O2/c1-3-21-18(24)15-8-7-14(2)16(11-15)22-17(23)12-19(13-20)9-5-4-6-10-19/h7-8,11H,3-6,9-10,12-13,20H2,1-2H3,(H,21,24)(H,22,23). The summed E-state index contributed by atoms with van der Waals surface area (Å²) < 4.78 is 0. The van der Waals surface area contributed by atoms with Crippen LogP contribution in [0.3, 0.4) is 0 Å². The van der Waals surface area contributed by atoms with Crippen molar-refractivity contribution in [2.24, 2.45) is 11.1 Å². The summed E-state index contributed by atoms with van der Waals surface area (Å²) in [5.41, 5.74) is 8.12. The van der Waals surface area contributed by atoms with Crippen LogP contribution in [0.4, 0.5) is 5.69 Å². The molecule has 0 unspecified atom stereocenters. The largest absolute Gasteiger partial charge is 0.352 e. The summed E-state index contributed by atoms with van der Waals surface area (Å²) in [6.07, 6.45) is 6.03. The lowest BCUT2D eigenvalue weighted by Crippen LogP contribution is -2.36. The number of aryl methyl sites for hydroxylation is 1. The molecule has 0 atom stereocenters. The van der Waals surface area contributed by atoms with Crippen LogP contribution < -0.4 is 16.4 Å². The summed E-state index contributed by atoms with van der Waals surface area (Å²) >= 11 is 0. The Hall–Kier alpha value is -1.88. The molecule has 132 valence electrons. The van der Waals surface area contributed by atoms with Crippen molar-refractivity contribution in [3.8, 4) is 0 Å². The van der Waals surface area contributed by atoms with Crippen molar-refractivity contribution in [2.45, 2.75) is 52.4 Å². The molecular formula is C19H29N3O2. The Morgan fingerprint density at radius 2 is 1.92 bits per heavy atom. The van der Waals surface area contributed by atoms with Crippen molar-refractivity contribution < 1.29 is 9.59 Å². The molecule has 0 bridgehead atoms. The second kappa shape index (κ2) is 8.29. The highest BCUT2D eigenvalue weighted by Gasteiger charge is 2.33. The average molecular weight is 331 g/mol. The molecule has 24 heavy (non-hydrogen) atoms. The van der Waals surface area contributed by atoms with E-state index in [0.29, 0.717) is 30.8 Å². The molecule has 0 saturated heterocycles. The van der Waals surface area contributed by atoms with E-state index in [4.69, 9.17) is 5.73 Å². The number of anilines is 1.